The second-order valence-corrected chi connectivity index (χ2v) is 20.6. The highest BCUT2D eigenvalue weighted by Crippen LogP contribution is 2.57. The summed E-state index contributed by atoms with van der Waals surface area (Å²) in [4.78, 5) is 16.2. The molecule has 2 nitrogen and oxygen atoms in total. The molecule has 2 unspecified atom stereocenters. The summed E-state index contributed by atoms with van der Waals surface area (Å²) in [6.45, 7) is 14.0. The van der Waals surface area contributed by atoms with Crippen molar-refractivity contribution in [1.29, 1.82) is 0 Å². The van der Waals surface area contributed by atoms with Crippen molar-refractivity contribution in [3.05, 3.63) is 155 Å². The number of thiophene rings is 2. The van der Waals surface area contributed by atoms with Crippen LogP contribution in [0.2, 0.25) is 0 Å². The van der Waals surface area contributed by atoms with Crippen LogP contribution < -0.4 is 0 Å². The van der Waals surface area contributed by atoms with Crippen LogP contribution in [0.3, 0.4) is 0 Å². The minimum absolute atomic E-state index is 0.00168. The van der Waals surface area contributed by atoms with Gasteiger partial charge in [0.05, 0.1) is 22.4 Å². The van der Waals surface area contributed by atoms with E-state index in [9.17, 15) is 0 Å². The molecule has 2 atom stereocenters. The normalized spacial score (nSPS) is 15.4. The molecule has 0 amide bonds. The first kappa shape index (κ1) is 43.1. The maximum Gasteiger partial charge on any atom is 0.0988 e. The van der Waals surface area contributed by atoms with Crippen molar-refractivity contribution >= 4 is 33.7 Å². The Morgan fingerprint density at radius 2 is 0.968 bits per heavy atom. The largest absolute Gasteiger partial charge is 0.243 e. The molecule has 1 aliphatic rings. The van der Waals surface area contributed by atoms with Crippen molar-refractivity contribution in [2.75, 3.05) is 0 Å². The van der Waals surface area contributed by atoms with E-state index in [1.165, 1.54) is 106 Å². The van der Waals surface area contributed by atoms with Crippen LogP contribution in [0.4, 0.5) is 0 Å². The van der Waals surface area contributed by atoms with Gasteiger partial charge in [-0.3, -0.25) is 0 Å². The van der Waals surface area contributed by atoms with Gasteiger partial charge in [0.25, 0.3) is 0 Å². The number of benzene rings is 5. The van der Waals surface area contributed by atoms with Crippen LogP contribution in [0.15, 0.2) is 133 Å². The monoisotopic (exact) mass is 862 g/mol. The van der Waals surface area contributed by atoms with E-state index in [4.69, 9.17) is 9.97 Å². The van der Waals surface area contributed by atoms with Gasteiger partial charge >= 0.3 is 0 Å². The lowest BCUT2D eigenvalue weighted by Gasteiger charge is -2.39. The van der Waals surface area contributed by atoms with E-state index in [0.717, 1.165) is 44.7 Å². The summed E-state index contributed by atoms with van der Waals surface area (Å²) in [6, 6.07) is 49.7. The minimum atomic E-state index is 0.00168. The van der Waals surface area contributed by atoms with Crippen molar-refractivity contribution in [3.63, 3.8) is 0 Å². The van der Waals surface area contributed by atoms with Gasteiger partial charge in [0, 0.05) is 47.2 Å². The number of hydrogen-bond donors (Lipinski definition) is 0. The third-order valence-electron chi connectivity index (χ3n) is 14.0. The first-order valence-corrected chi connectivity index (χ1v) is 25.4. The highest BCUT2D eigenvalue weighted by atomic mass is 32.1. The fraction of sp³-hybridized carbons (Fsp3) is 0.322. The van der Waals surface area contributed by atoms with Crippen LogP contribution in [-0.2, 0) is 5.41 Å². The SMILES string of the molecule is CCCCC(CC)CC1(CC(CC)CCCC)c2cc(C)ccc2-c2ccc(-c3ccc(-c4ccc(-c5ccc(C)s5)c5nc(-c6ccccc6)c(-c6ccccc6)nc45)s3)cc21. The number of nitrogens with zero attached hydrogens (tertiary/aromatic N) is 2. The number of hydrogen-bond acceptors (Lipinski definition) is 4. The Morgan fingerprint density at radius 3 is 1.49 bits per heavy atom. The Kier molecular flexibility index (Phi) is 12.9. The van der Waals surface area contributed by atoms with E-state index in [2.05, 4.69) is 175 Å². The number of fused-ring (bicyclic) bond motifs is 4. The number of rotatable bonds is 17. The lowest BCUT2D eigenvalue weighted by atomic mass is 9.65. The van der Waals surface area contributed by atoms with Crippen LogP contribution in [0.5, 0.6) is 0 Å². The van der Waals surface area contributed by atoms with Gasteiger partial charge in [0.1, 0.15) is 0 Å². The number of aryl methyl sites for hydroxylation is 2. The van der Waals surface area contributed by atoms with E-state index in [1.54, 1.807) is 11.1 Å². The molecule has 0 fully saturated rings. The summed E-state index contributed by atoms with van der Waals surface area (Å²) < 4.78 is 0. The standard InChI is InChI=1S/C59H62N2S2/c1-7-11-19-41(9-3)37-59(38-42(10-4)20-12-8-2)50-35-39(5)25-28-46(50)47-29-27-45(36-51(47)59)52-33-34-54(63-52)49-31-30-48(53-32-26-40(6)62-53)57-58(49)61-56(44-23-17-14-18-24-44)55(60-57)43-21-15-13-16-22-43/h13-18,21-36,41-42H,7-12,19-20,37-38H2,1-6H3. The molecule has 320 valence electrons. The molecular weight excluding hydrogens is 801 g/mol. The molecule has 4 heteroatoms. The third kappa shape index (κ3) is 8.50. The Morgan fingerprint density at radius 1 is 0.476 bits per heavy atom. The zero-order valence-electron chi connectivity index (χ0n) is 38.1. The van der Waals surface area contributed by atoms with E-state index in [0.29, 0.717) is 11.8 Å². The lowest BCUT2D eigenvalue weighted by Crippen LogP contribution is -2.31. The number of aromatic nitrogens is 2. The molecule has 0 N–H and O–H groups in total. The van der Waals surface area contributed by atoms with Crippen LogP contribution in [0.1, 0.15) is 113 Å². The van der Waals surface area contributed by atoms with Gasteiger partial charge in [0.15, 0.2) is 0 Å². The van der Waals surface area contributed by atoms with Crippen LogP contribution in [-0.4, -0.2) is 9.97 Å². The van der Waals surface area contributed by atoms with E-state index >= 15 is 0 Å². The summed E-state index contributed by atoms with van der Waals surface area (Å²) in [5.41, 5.74) is 16.9. The predicted molar refractivity (Wildman–Crippen MR) is 274 cm³/mol. The van der Waals surface area contributed by atoms with Crippen LogP contribution >= 0.6 is 22.7 Å². The zero-order chi connectivity index (χ0) is 43.5. The van der Waals surface area contributed by atoms with Crippen molar-refractivity contribution in [3.8, 4) is 65.0 Å². The molecule has 0 aliphatic heterocycles. The molecule has 0 radical (unpaired) electrons. The second-order valence-electron chi connectivity index (χ2n) is 18.2. The molecule has 3 aromatic heterocycles. The molecule has 0 bridgehead atoms. The van der Waals surface area contributed by atoms with E-state index in [-0.39, 0.29) is 5.41 Å². The van der Waals surface area contributed by atoms with Gasteiger partial charge in [-0.2, -0.15) is 0 Å². The first-order chi connectivity index (χ1) is 30.8. The zero-order valence-corrected chi connectivity index (χ0v) is 39.8. The van der Waals surface area contributed by atoms with Crippen molar-refractivity contribution in [2.45, 2.75) is 111 Å². The fourth-order valence-electron chi connectivity index (χ4n) is 10.5. The van der Waals surface area contributed by atoms with Crippen molar-refractivity contribution in [2.24, 2.45) is 11.8 Å². The Hall–Kier alpha value is -5.16. The number of unbranched alkanes of at least 4 members (excludes halogenated alkanes) is 2. The fourth-order valence-corrected chi connectivity index (χ4v) is 12.4. The molecule has 8 aromatic rings. The summed E-state index contributed by atoms with van der Waals surface area (Å²) in [5, 5.41) is 0. The summed E-state index contributed by atoms with van der Waals surface area (Å²) in [5.74, 6) is 1.40. The van der Waals surface area contributed by atoms with E-state index < -0.39 is 0 Å². The van der Waals surface area contributed by atoms with Crippen LogP contribution in [0.25, 0.3) is 76.0 Å². The van der Waals surface area contributed by atoms with Gasteiger partial charge in [-0.1, -0.05) is 188 Å². The molecule has 5 aromatic carbocycles. The Balaban J connectivity index is 1.20. The maximum absolute atomic E-state index is 5.63. The van der Waals surface area contributed by atoms with Crippen molar-refractivity contribution < 1.29 is 0 Å². The molecule has 0 saturated carbocycles. The highest BCUT2D eigenvalue weighted by molar-refractivity contribution is 7.19. The molecule has 3 heterocycles. The van der Waals surface area contributed by atoms with Gasteiger partial charge < -0.3 is 0 Å². The van der Waals surface area contributed by atoms with Gasteiger partial charge in [-0.25, -0.2) is 9.97 Å². The van der Waals surface area contributed by atoms with Gasteiger partial charge in [0.2, 0.25) is 0 Å². The van der Waals surface area contributed by atoms with Crippen molar-refractivity contribution in [1.82, 2.24) is 9.97 Å². The average molecular weight is 863 g/mol. The molecule has 63 heavy (non-hydrogen) atoms. The molecule has 1 aliphatic carbocycles. The highest BCUT2D eigenvalue weighted by Gasteiger charge is 2.45. The first-order valence-electron chi connectivity index (χ1n) is 23.7. The summed E-state index contributed by atoms with van der Waals surface area (Å²) in [6.07, 6.45) is 12.7. The van der Waals surface area contributed by atoms with Crippen LogP contribution in [0, 0.1) is 25.7 Å². The molecular formula is C59H62N2S2. The molecule has 0 spiro atoms. The minimum Gasteiger partial charge on any atom is -0.243 e. The summed E-state index contributed by atoms with van der Waals surface area (Å²) >= 11 is 3.71. The topological polar surface area (TPSA) is 25.8 Å². The predicted octanol–water partition coefficient (Wildman–Crippen LogP) is 18.2. The third-order valence-corrected chi connectivity index (χ3v) is 16.2. The van der Waals surface area contributed by atoms with Gasteiger partial charge in [-0.15, -0.1) is 22.7 Å². The second kappa shape index (κ2) is 18.9. The summed E-state index contributed by atoms with van der Waals surface area (Å²) in [7, 11) is 0. The van der Waals surface area contributed by atoms with E-state index in [1.807, 2.05) is 22.7 Å². The lowest BCUT2D eigenvalue weighted by molar-refractivity contribution is 0.266. The Bertz CT molecular complexity index is 2810. The quantitative estimate of drug-likeness (QED) is 0.0911. The maximum atomic E-state index is 5.63. The van der Waals surface area contributed by atoms with Gasteiger partial charge in [-0.05, 0) is 96.7 Å². The average Bonchev–Trinajstić information content (AvgIpc) is 4.06. The Labute approximate surface area is 384 Å². The smallest absolute Gasteiger partial charge is 0.0988 e. The molecule has 0 saturated heterocycles. The molecule has 9 rings (SSSR count).